The van der Waals surface area contributed by atoms with Gasteiger partial charge in [-0.25, -0.2) is 14.8 Å². The molecule has 39 heavy (non-hydrogen) atoms. The number of hydrogen-bond donors (Lipinski definition) is 2. The maximum absolute atomic E-state index is 13.9. The third-order valence-electron chi connectivity index (χ3n) is 7.28. The molecular weight excluding hydrogens is 496 g/mol. The molecule has 1 aromatic heterocycles. The number of phenolic OH excluding ortho intramolecular Hbond substituents is 1. The normalized spacial score (nSPS) is 20.5. The van der Waals surface area contributed by atoms with Crippen LogP contribution >= 0.6 is 0 Å². The Balaban J connectivity index is 1.47. The summed E-state index contributed by atoms with van der Waals surface area (Å²) in [6.07, 6.45) is 2.91. The van der Waals surface area contributed by atoms with Crippen LogP contribution in [0.15, 0.2) is 79.1 Å². The predicted molar refractivity (Wildman–Crippen MR) is 144 cm³/mol. The second-order valence-electron chi connectivity index (χ2n) is 9.98. The van der Waals surface area contributed by atoms with Crippen molar-refractivity contribution in [2.24, 2.45) is 0 Å². The van der Waals surface area contributed by atoms with Gasteiger partial charge in [-0.3, -0.25) is 14.6 Å². The molecule has 2 aromatic carbocycles. The molecule has 1 unspecified atom stereocenters. The average Bonchev–Trinajstić information content (AvgIpc) is 2.93. The summed E-state index contributed by atoms with van der Waals surface area (Å²) in [5.74, 6) is -0.285. The first kappa shape index (κ1) is 26.2. The van der Waals surface area contributed by atoms with Crippen molar-refractivity contribution in [1.82, 2.24) is 30.1 Å². The lowest BCUT2D eigenvalue weighted by atomic mass is 9.98. The fraction of sp³-hybridized carbons (Fsp3) is 0.310. The van der Waals surface area contributed by atoms with Gasteiger partial charge in [-0.05, 0) is 47.9 Å². The molecule has 3 heterocycles. The number of fused-ring (bicyclic) bond motifs is 1. The summed E-state index contributed by atoms with van der Waals surface area (Å²) in [4.78, 5) is 48.3. The van der Waals surface area contributed by atoms with Crippen molar-refractivity contribution in [3.63, 3.8) is 0 Å². The van der Waals surface area contributed by atoms with Gasteiger partial charge in [-0.1, -0.05) is 42.5 Å². The highest BCUT2D eigenvalue weighted by Gasteiger charge is 2.50. The van der Waals surface area contributed by atoms with Gasteiger partial charge in [0.2, 0.25) is 11.8 Å². The fourth-order valence-electron chi connectivity index (χ4n) is 5.29. The van der Waals surface area contributed by atoms with Crippen LogP contribution < -0.4 is 5.32 Å². The Morgan fingerprint density at radius 2 is 1.72 bits per heavy atom. The molecule has 2 N–H and O–H groups in total. The SMILES string of the molecule is C[C@@H](NC(=O)N1C2CN(Cc3ccncc3)C(=O)[C@H](Cc3ccc(O)cc3)N2C(=O)CN1C)c1ccccc1. The van der Waals surface area contributed by atoms with Crippen molar-refractivity contribution in [1.29, 1.82) is 0 Å². The van der Waals surface area contributed by atoms with Gasteiger partial charge in [0.1, 0.15) is 18.0 Å². The summed E-state index contributed by atoms with van der Waals surface area (Å²) in [6, 6.07) is 18.5. The predicted octanol–water partition coefficient (Wildman–Crippen LogP) is 2.53. The van der Waals surface area contributed by atoms with Gasteiger partial charge in [0.15, 0.2) is 0 Å². The molecule has 3 atom stereocenters. The minimum Gasteiger partial charge on any atom is -0.508 e. The molecule has 0 aliphatic carbocycles. The Labute approximate surface area is 227 Å². The highest BCUT2D eigenvalue weighted by Crippen LogP contribution is 2.29. The number of nitrogens with zero attached hydrogens (tertiary/aromatic N) is 5. The van der Waals surface area contributed by atoms with E-state index in [0.29, 0.717) is 6.54 Å². The molecular formula is C29H32N6O4. The number of rotatable bonds is 6. The number of benzene rings is 2. The lowest BCUT2D eigenvalue weighted by molar-refractivity contribution is -0.187. The van der Waals surface area contributed by atoms with Gasteiger partial charge in [0.05, 0.1) is 19.1 Å². The summed E-state index contributed by atoms with van der Waals surface area (Å²) in [7, 11) is 1.71. The van der Waals surface area contributed by atoms with Crippen LogP contribution in [-0.4, -0.2) is 80.1 Å². The number of urea groups is 1. The molecule has 0 saturated carbocycles. The van der Waals surface area contributed by atoms with Gasteiger partial charge >= 0.3 is 6.03 Å². The van der Waals surface area contributed by atoms with Gasteiger partial charge in [-0.15, -0.1) is 0 Å². The first-order valence-electron chi connectivity index (χ1n) is 12.9. The van der Waals surface area contributed by atoms with Gasteiger partial charge in [-0.2, -0.15) is 0 Å². The smallest absolute Gasteiger partial charge is 0.334 e. The number of nitrogens with one attached hydrogen (secondary N) is 1. The highest BCUT2D eigenvalue weighted by molar-refractivity contribution is 5.91. The zero-order valence-corrected chi connectivity index (χ0v) is 22.0. The third-order valence-corrected chi connectivity index (χ3v) is 7.28. The van der Waals surface area contributed by atoms with E-state index in [2.05, 4.69) is 10.3 Å². The van der Waals surface area contributed by atoms with E-state index in [9.17, 15) is 19.5 Å². The van der Waals surface area contributed by atoms with Crippen LogP contribution in [0, 0.1) is 0 Å². The Kier molecular flexibility index (Phi) is 7.47. The molecule has 0 radical (unpaired) electrons. The summed E-state index contributed by atoms with van der Waals surface area (Å²) >= 11 is 0. The van der Waals surface area contributed by atoms with E-state index >= 15 is 0 Å². The Bertz CT molecular complexity index is 1320. The lowest BCUT2D eigenvalue weighted by Crippen LogP contribution is -2.76. The van der Waals surface area contributed by atoms with E-state index in [0.717, 1.165) is 16.7 Å². The number of carbonyl (C=O) groups is 3. The zero-order chi connectivity index (χ0) is 27.5. The van der Waals surface area contributed by atoms with Crippen LogP contribution in [0.2, 0.25) is 0 Å². The molecule has 2 fully saturated rings. The van der Waals surface area contributed by atoms with E-state index in [4.69, 9.17) is 0 Å². The lowest BCUT2D eigenvalue weighted by Gasteiger charge is -2.54. The van der Waals surface area contributed by atoms with Crippen LogP contribution in [-0.2, 0) is 22.6 Å². The number of aromatic nitrogens is 1. The topological polar surface area (TPSA) is 109 Å². The summed E-state index contributed by atoms with van der Waals surface area (Å²) in [5, 5.41) is 16.0. The third kappa shape index (κ3) is 5.56. The molecule has 10 heteroatoms. The number of hydrazine groups is 1. The second kappa shape index (κ2) is 11.1. The summed E-state index contributed by atoms with van der Waals surface area (Å²) < 4.78 is 0. The fourth-order valence-corrected chi connectivity index (χ4v) is 5.29. The van der Waals surface area contributed by atoms with E-state index in [1.165, 1.54) is 0 Å². The molecule has 202 valence electrons. The van der Waals surface area contributed by atoms with Gasteiger partial charge in [0, 0.05) is 32.4 Å². The summed E-state index contributed by atoms with van der Waals surface area (Å²) in [5.41, 5.74) is 2.66. The number of piperazine rings is 1. The molecule has 2 aliphatic rings. The van der Waals surface area contributed by atoms with Crippen LogP contribution in [0.25, 0.3) is 0 Å². The van der Waals surface area contributed by atoms with E-state index < -0.39 is 12.2 Å². The largest absolute Gasteiger partial charge is 0.508 e. The molecule has 10 nitrogen and oxygen atoms in total. The summed E-state index contributed by atoms with van der Waals surface area (Å²) in [6.45, 7) is 2.36. The van der Waals surface area contributed by atoms with Crippen molar-refractivity contribution in [2.75, 3.05) is 20.1 Å². The maximum Gasteiger partial charge on any atom is 0.334 e. The van der Waals surface area contributed by atoms with E-state index in [1.807, 2.05) is 49.4 Å². The second-order valence-corrected chi connectivity index (χ2v) is 9.98. The Morgan fingerprint density at radius 1 is 1.03 bits per heavy atom. The van der Waals surface area contributed by atoms with Crippen molar-refractivity contribution < 1.29 is 19.5 Å². The zero-order valence-electron chi connectivity index (χ0n) is 22.0. The molecule has 2 saturated heterocycles. The minimum absolute atomic E-state index is 0.0344. The highest BCUT2D eigenvalue weighted by atomic mass is 16.3. The van der Waals surface area contributed by atoms with Crippen molar-refractivity contribution >= 4 is 17.8 Å². The molecule has 5 rings (SSSR count). The van der Waals surface area contributed by atoms with Crippen molar-refractivity contribution in [2.45, 2.75) is 38.1 Å². The average molecular weight is 529 g/mol. The standard InChI is InChI=1S/C29H32N6O4/c1-20(23-6-4-3-5-7-23)31-29(39)35-26-18-33(17-22-12-14-30-15-13-22)28(38)25(34(26)27(37)19-32(35)2)16-21-8-10-24(36)11-9-21/h3-15,20,25-26,36H,16-19H2,1-2H3,(H,31,39)/t20-,25+,26?/m1/s1. The number of phenols is 1. The number of amides is 4. The number of likely N-dealkylation sites (N-methyl/N-ethyl adjacent to an activating group) is 1. The Hall–Kier alpha value is -4.44. The van der Waals surface area contributed by atoms with E-state index in [1.54, 1.807) is 63.5 Å². The number of pyridine rings is 1. The van der Waals surface area contributed by atoms with Crippen LogP contribution in [0.3, 0.4) is 0 Å². The first-order valence-corrected chi connectivity index (χ1v) is 12.9. The number of aromatic hydroxyl groups is 1. The molecule has 0 bridgehead atoms. The Morgan fingerprint density at radius 3 is 2.41 bits per heavy atom. The van der Waals surface area contributed by atoms with Crippen LogP contribution in [0.4, 0.5) is 4.79 Å². The minimum atomic E-state index is -0.807. The molecule has 4 amide bonds. The van der Waals surface area contributed by atoms with Crippen molar-refractivity contribution in [3.8, 4) is 5.75 Å². The van der Waals surface area contributed by atoms with E-state index in [-0.39, 0.29) is 49.1 Å². The van der Waals surface area contributed by atoms with Crippen LogP contribution in [0.5, 0.6) is 5.75 Å². The van der Waals surface area contributed by atoms with Gasteiger partial charge in [0.25, 0.3) is 0 Å². The maximum atomic E-state index is 13.9. The quantitative estimate of drug-likeness (QED) is 0.509. The van der Waals surface area contributed by atoms with Gasteiger partial charge < -0.3 is 20.2 Å². The first-order chi connectivity index (χ1) is 18.8. The number of hydrogen-bond acceptors (Lipinski definition) is 6. The van der Waals surface area contributed by atoms with Crippen molar-refractivity contribution in [3.05, 3.63) is 95.8 Å². The molecule has 3 aromatic rings. The molecule has 2 aliphatic heterocycles. The number of carbonyl (C=O) groups excluding carboxylic acids is 3. The molecule has 0 spiro atoms. The van der Waals surface area contributed by atoms with Crippen LogP contribution in [0.1, 0.15) is 29.7 Å². The monoisotopic (exact) mass is 528 g/mol.